The van der Waals surface area contributed by atoms with Crippen LogP contribution in [0.25, 0.3) is 0 Å². The number of amides is 1. The zero-order valence-corrected chi connectivity index (χ0v) is 6.60. The van der Waals surface area contributed by atoms with Gasteiger partial charge < -0.3 is 0 Å². The fraction of sp³-hybridized carbons (Fsp3) is 0.400. The van der Waals surface area contributed by atoms with Gasteiger partial charge in [0.15, 0.2) is 0 Å². The largest absolute Gasteiger partial charge is 0.269 e. The van der Waals surface area contributed by atoms with Gasteiger partial charge in [-0.2, -0.15) is 0 Å². The number of allylic oxidation sites excluding steroid dienone is 1. The lowest BCUT2D eigenvalue weighted by Gasteiger charge is -1.94. The Morgan fingerprint density at radius 3 is 2.30 bits per heavy atom. The molecule has 5 heteroatoms. The second-order valence-electron chi connectivity index (χ2n) is 1.74. The third kappa shape index (κ3) is 5.30. The summed E-state index contributed by atoms with van der Waals surface area (Å²) in [5.41, 5.74) is 0. The first kappa shape index (κ1) is 9.16. The van der Waals surface area contributed by atoms with Gasteiger partial charge >= 0.3 is 0 Å². The lowest BCUT2D eigenvalue weighted by atomic mass is 10.5. The molecule has 0 atom stereocenters. The van der Waals surface area contributed by atoms with Crippen molar-refractivity contribution in [1.29, 1.82) is 0 Å². The molecule has 0 aromatic heterocycles. The van der Waals surface area contributed by atoms with E-state index in [4.69, 9.17) is 0 Å². The summed E-state index contributed by atoms with van der Waals surface area (Å²) in [4.78, 5) is 10.5. The number of carbonyl (C=O) groups is 1. The first-order valence-electron chi connectivity index (χ1n) is 2.60. The van der Waals surface area contributed by atoms with E-state index in [1.165, 1.54) is 6.08 Å². The molecule has 0 saturated carbocycles. The number of sulfonamides is 1. The maximum atomic E-state index is 10.5. The first-order valence-corrected chi connectivity index (χ1v) is 4.49. The average Bonchev–Trinajstić information content (AvgIpc) is 1.59. The van der Waals surface area contributed by atoms with E-state index in [-0.39, 0.29) is 0 Å². The molecule has 0 radical (unpaired) electrons. The smallest absolute Gasteiger partial charge is 0.257 e. The Balaban J connectivity index is 4.07. The summed E-state index contributed by atoms with van der Waals surface area (Å²) in [6, 6.07) is 0. The van der Waals surface area contributed by atoms with E-state index >= 15 is 0 Å². The highest BCUT2D eigenvalue weighted by molar-refractivity contribution is 7.89. The highest BCUT2D eigenvalue weighted by Gasteiger charge is 2.02. The van der Waals surface area contributed by atoms with Gasteiger partial charge in [-0.1, -0.05) is 6.08 Å². The summed E-state index contributed by atoms with van der Waals surface area (Å²) in [5, 5.41) is 0. The fourth-order valence-electron chi connectivity index (χ4n) is 0.368. The molecule has 58 valence electrons. The van der Waals surface area contributed by atoms with Crippen molar-refractivity contribution in [2.24, 2.45) is 0 Å². The van der Waals surface area contributed by atoms with Crippen molar-refractivity contribution >= 4 is 15.9 Å². The van der Waals surface area contributed by atoms with Crippen LogP contribution in [0.1, 0.15) is 6.92 Å². The van der Waals surface area contributed by atoms with E-state index in [2.05, 4.69) is 0 Å². The molecule has 0 unspecified atom stereocenters. The second kappa shape index (κ2) is 3.36. The van der Waals surface area contributed by atoms with E-state index in [9.17, 15) is 13.2 Å². The van der Waals surface area contributed by atoms with Crippen LogP contribution >= 0.6 is 0 Å². The van der Waals surface area contributed by atoms with Crippen molar-refractivity contribution < 1.29 is 13.2 Å². The molecule has 0 fully saturated rings. The van der Waals surface area contributed by atoms with Crippen molar-refractivity contribution in [3.63, 3.8) is 0 Å². The molecule has 10 heavy (non-hydrogen) atoms. The number of hydrogen-bond acceptors (Lipinski definition) is 3. The summed E-state index contributed by atoms with van der Waals surface area (Å²) in [7, 11) is -3.40. The molecule has 1 amide bonds. The van der Waals surface area contributed by atoms with Crippen LogP contribution in [0.15, 0.2) is 12.2 Å². The molecule has 0 aliphatic heterocycles. The van der Waals surface area contributed by atoms with Gasteiger partial charge in [0.1, 0.15) is 0 Å². The second-order valence-corrected chi connectivity index (χ2v) is 3.49. The van der Waals surface area contributed by atoms with E-state index in [1.54, 1.807) is 11.6 Å². The lowest BCUT2D eigenvalue weighted by Crippen LogP contribution is -2.27. The van der Waals surface area contributed by atoms with Crippen LogP contribution < -0.4 is 4.72 Å². The number of hydrogen-bond donors (Lipinski definition) is 1. The van der Waals surface area contributed by atoms with Gasteiger partial charge in [0, 0.05) is 0 Å². The van der Waals surface area contributed by atoms with E-state index in [0.29, 0.717) is 0 Å². The summed E-state index contributed by atoms with van der Waals surface area (Å²) in [6.07, 6.45) is 3.52. The van der Waals surface area contributed by atoms with Crippen LogP contribution in [0.5, 0.6) is 0 Å². The Labute approximate surface area is 60.0 Å². The minimum Gasteiger partial charge on any atom is -0.269 e. The highest BCUT2D eigenvalue weighted by atomic mass is 32.2. The van der Waals surface area contributed by atoms with Crippen molar-refractivity contribution in [2.75, 3.05) is 6.26 Å². The van der Waals surface area contributed by atoms with E-state index in [0.717, 1.165) is 12.3 Å². The van der Waals surface area contributed by atoms with Crippen LogP contribution in [-0.4, -0.2) is 20.6 Å². The zero-order valence-electron chi connectivity index (χ0n) is 5.79. The molecule has 0 heterocycles. The highest BCUT2D eigenvalue weighted by Crippen LogP contribution is 1.76. The maximum Gasteiger partial charge on any atom is 0.257 e. The van der Waals surface area contributed by atoms with Crippen molar-refractivity contribution in [2.45, 2.75) is 6.92 Å². The van der Waals surface area contributed by atoms with Gasteiger partial charge in [-0.15, -0.1) is 0 Å². The fourth-order valence-corrected chi connectivity index (χ4v) is 0.802. The molecule has 0 aliphatic rings. The van der Waals surface area contributed by atoms with Crippen molar-refractivity contribution in [3.05, 3.63) is 12.2 Å². The zero-order chi connectivity index (χ0) is 8.20. The minimum atomic E-state index is -3.40. The third-order valence-corrected chi connectivity index (χ3v) is 1.18. The third-order valence-electron chi connectivity index (χ3n) is 0.604. The monoisotopic (exact) mass is 163 g/mol. The Kier molecular flexibility index (Phi) is 3.08. The van der Waals surface area contributed by atoms with Gasteiger partial charge in [0.25, 0.3) is 5.91 Å². The van der Waals surface area contributed by atoms with Crippen molar-refractivity contribution in [1.82, 2.24) is 4.72 Å². The molecular weight excluding hydrogens is 154 g/mol. The molecule has 0 aliphatic carbocycles. The summed E-state index contributed by atoms with van der Waals surface area (Å²) < 4.78 is 22.5. The normalized spacial score (nSPS) is 11.8. The summed E-state index contributed by atoms with van der Waals surface area (Å²) in [6.45, 7) is 1.63. The van der Waals surface area contributed by atoms with Gasteiger partial charge in [0.2, 0.25) is 10.0 Å². The molecule has 0 bridgehead atoms. The lowest BCUT2D eigenvalue weighted by molar-refractivity contribution is -0.114. The summed E-state index contributed by atoms with van der Waals surface area (Å²) >= 11 is 0. The van der Waals surface area contributed by atoms with Crippen LogP contribution in [0.2, 0.25) is 0 Å². The molecule has 0 rings (SSSR count). The molecule has 1 N–H and O–H groups in total. The van der Waals surface area contributed by atoms with Gasteiger partial charge in [-0.25, -0.2) is 13.1 Å². The predicted molar refractivity (Wildman–Crippen MR) is 37.8 cm³/mol. The summed E-state index contributed by atoms with van der Waals surface area (Å²) in [5.74, 6) is -0.620. The predicted octanol–water partition coefficient (Wildman–Crippen LogP) is -0.362. The Morgan fingerprint density at radius 2 is 2.00 bits per heavy atom. The van der Waals surface area contributed by atoms with Gasteiger partial charge in [-0.05, 0) is 13.0 Å². The Bertz CT molecular complexity index is 240. The quantitative estimate of drug-likeness (QED) is 0.565. The molecule has 0 saturated heterocycles. The topological polar surface area (TPSA) is 63.2 Å². The Morgan fingerprint density at radius 1 is 1.50 bits per heavy atom. The molecule has 0 aromatic rings. The van der Waals surface area contributed by atoms with E-state index < -0.39 is 15.9 Å². The molecule has 4 nitrogen and oxygen atoms in total. The number of carbonyl (C=O) groups excluding carboxylic acids is 1. The SMILES string of the molecule is C/C=C/C(=O)NS(C)(=O)=O. The van der Waals surface area contributed by atoms with E-state index in [1.807, 2.05) is 0 Å². The molecule has 0 spiro atoms. The van der Waals surface area contributed by atoms with Crippen molar-refractivity contribution in [3.8, 4) is 0 Å². The number of nitrogens with one attached hydrogen (secondary N) is 1. The molecular formula is C5H9NO3S. The van der Waals surface area contributed by atoms with Gasteiger partial charge in [0.05, 0.1) is 6.26 Å². The first-order chi connectivity index (χ1) is 4.45. The van der Waals surface area contributed by atoms with Crippen LogP contribution in [0.4, 0.5) is 0 Å². The number of rotatable bonds is 2. The maximum absolute atomic E-state index is 10.5. The van der Waals surface area contributed by atoms with Crippen LogP contribution in [-0.2, 0) is 14.8 Å². The van der Waals surface area contributed by atoms with Crippen LogP contribution in [0.3, 0.4) is 0 Å². The standard InChI is InChI=1S/C5H9NO3S/c1-3-4-5(7)6-10(2,8)9/h3-4H,1-2H3,(H,6,7)/b4-3+. The van der Waals surface area contributed by atoms with Gasteiger partial charge in [-0.3, -0.25) is 4.79 Å². The molecule has 0 aromatic carbocycles. The minimum absolute atomic E-state index is 0.620. The Hall–Kier alpha value is -0.840. The van der Waals surface area contributed by atoms with Crippen LogP contribution in [0, 0.1) is 0 Å². The average molecular weight is 163 g/mol.